The maximum absolute atomic E-state index is 11.4. The fourth-order valence-electron chi connectivity index (χ4n) is 1.22. The van der Waals surface area contributed by atoms with E-state index in [1.54, 1.807) is 12.1 Å². The Labute approximate surface area is 99.7 Å². The van der Waals surface area contributed by atoms with Gasteiger partial charge in [0, 0.05) is 12.6 Å². The van der Waals surface area contributed by atoms with Crippen LogP contribution in [0.2, 0.25) is 0 Å². The monoisotopic (exact) mass is 258 g/mol. The maximum Gasteiger partial charge on any atom is 0.298 e. The van der Waals surface area contributed by atoms with E-state index in [0.29, 0.717) is 0 Å². The molecule has 0 radical (unpaired) electrons. The van der Waals surface area contributed by atoms with E-state index in [0.717, 1.165) is 0 Å². The number of amidine groups is 1. The highest BCUT2D eigenvalue weighted by molar-refractivity contribution is 7.90. The second kappa shape index (κ2) is 5.02. The van der Waals surface area contributed by atoms with Crippen LogP contribution in [0.1, 0.15) is 5.56 Å². The molecule has 17 heavy (non-hydrogen) atoms. The Morgan fingerprint density at radius 1 is 1.47 bits per heavy atom. The van der Waals surface area contributed by atoms with Crippen molar-refractivity contribution in [2.24, 2.45) is 5.73 Å². The van der Waals surface area contributed by atoms with Gasteiger partial charge < -0.3 is 10.5 Å². The van der Waals surface area contributed by atoms with Crippen molar-refractivity contribution in [3.05, 3.63) is 23.8 Å². The highest BCUT2D eigenvalue weighted by atomic mass is 32.2. The number of hydrogen-bond acceptors (Lipinski definition) is 4. The first-order valence-electron chi connectivity index (χ1n) is 4.64. The largest absolute Gasteiger partial charge is 0.495 e. The summed E-state index contributed by atoms with van der Waals surface area (Å²) < 4.78 is 32.2. The number of methoxy groups -OCH3 is 1. The highest BCUT2D eigenvalue weighted by Crippen LogP contribution is 2.28. The molecule has 8 heteroatoms. The van der Waals surface area contributed by atoms with Crippen molar-refractivity contribution >= 4 is 21.7 Å². The first-order chi connectivity index (χ1) is 7.91. The summed E-state index contributed by atoms with van der Waals surface area (Å²) in [7, 11) is -1.03. The van der Waals surface area contributed by atoms with Gasteiger partial charge in [-0.1, -0.05) is 6.07 Å². The van der Waals surface area contributed by atoms with Crippen LogP contribution in [0.5, 0.6) is 5.75 Å². The fourth-order valence-corrected chi connectivity index (χ4v) is 1.80. The van der Waals surface area contributed by atoms with Gasteiger partial charge in [-0.15, -0.1) is 0 Å². The van der Waals surface area contributed by atoms with Crippen LogP contribution >= 0.6 is 0 Å². The number of hydrogen-bond donors (Lipinski definition) is 4. The molecule has 0 aliphatic carbocycles. The number of benzene rings is 1. The third-order valence-electron chi connectivity index (χ3n) is 2.04. The molecule has 0 spiro atoms. The summed E-state index contributed by atoms with van der Waals surface area (Å²) in [4.78, 5) is 0. The van der Waals surface area contributed by atoms with Crippen LogP contribution in [0.15, 0.2) is 18.2 Å². The summed E-state index contributed by atoms with van der Waals surface area (Å²) in [6.45, 7) is 0. The van der Waals surface area contributed by atoms with Gasteiger partial charge in [-0.2, -0.15) is 8.42 Å². The summed E-state index contributed by atoms with van der Waals surface area (Å²) in [6.07, 6.45) is 0. The number of ether oxygens (including phenoxy) is 1. The molecule has 0 saturated heterocycles. The zero-order valence-corrected chi connectivity index (χ0v) is 10.3. The van der Waals surface area contributed by atoms with Crippen LogP contribution < -0.4 is 19.9 Å². The lowest BCUT2D eigenvalue weighted by atomic mass is 10.1. The Morgan fingerprint density at radius 2 is 2.12 bits per heavy atom. The Hall–Kier alpha value is -1.80. The SMILES string of the molecule is CNS(=O)(=O)Nc1c(OC)cccc1C(=N)N. The minimum atomic E-state index is -3.69. The topological polar surface area (TPSA) is 117 Å². The lowest BCUT2D eigenvalue weighted by Gasteiger charge is -2.14. The van der Waals surface area contributed by atoms with Crippen molar-refractivity contribution in [2.45, 2.75) is 0 Å². The van der Waals surface area contributed by atoms with Gasteiger partial charge in [0.25, 0.3) is 10.2 Å². The van der Waals surface area contributed by atoms with Gasteiger partial charge >= 0.3 is 0 Å². The van der Waals surface area contributed by atoms with Gasteiger partial charge in [-0.05, 0) is 12.1 Å². The molecule has 0 saturated carbocycles. The van der Waals surface area contributed by atoms with Gasteiger partial charge in [0.15, 0.2) is 0 Å². The van der Waals surface area contributed by atoms with E-state index < -0.39 is 10.2 Å². The Kier molecular flexibility index (Phi) is 3.92. The van der Waals surface area contributed by atoms with E-state index in [1.807, 2.05) is 0 Å². The number of rotatable bonds is 5. The number of anilines is 1. The van der Waals surface area contributed by atoms with Crippen LogP contribution in [0, 0.1) is 5.41 Å². The first kappa shape index (κ1) is 13.3. The van der Waals surface area contributed by atoms with Crippen molar-refractivity contribution in [3.63, 3.8) is 0 Å². The molecule has 0 amide bonds. The molecule has 0 unspecified atom stereocenters. The molecule has 94 valence electrons. The minimum absolute atomic E-state index is 0.136. The van der Waals surface area contributed by atoms with Crippen molar-refractivity contribution in [2.75, 3.05) is 18.9 Å². The number of nitrogen functional groups attached to an aromatic ring is 1. The number of nitrogens with two attached hydrogens (primary N) is 1. The van der Waals surface area contributed by atoms with E-state index in [1.165, 1.54) is 20.2 Å². The van der Waals surface area contributed by atoms with Crippen LogP contribution in [0.4, 0.5) is 5.69 Å². The third kappa shape index (κ3) is 3.08. The van der Waals surface area contributed by atoms with Gasteiger partial charge in [0.1, 0.15) is 17.3 Å². The van der Waals surface area contributed by atoms with Crippen molar-refractivity contribution in [3.8, 4) is 5.75 Å². The fraction of sp³-hybridized carbons (Fsp3) is 0.222. The molecule has 1 aromatic rings. The molecular weight excluding hydrogens is 244 g/mol. The molecule has 0 aromatic heterocycles. The van der Waals surface area contributed by atoms with E-state index >= 15 is 0 Å². The Morgan fingerprint density at radius 3 is 2.59 bits per heavy atom. The van der Waals surface area contributed by atoms with Crippen LogP contribution in [0.25, 0.3) is 0 Å². The predicted octanol–water partition coefficient (Wildman–Crippen LogP) is -0.145. The van der Waals surface area contributed by atoms with E-state index in [4.69, 9.17) is 15.9 Å². The lowest BCUT2D eigenvalue weighted by Crippen LogP contribution is -2.28. The summed E-state index contributed by atoms with van der Waals surface area (Å²) in [5.41, 5.74) is 5.76. The van der Waals surface area contributed by atoms with Gasteiger partial charge in [-0.3, -0.25) is 10.1 Å². The molecule has 7 nitrogen and oxygen atoms in total. The molecule has 5 N–H and O–H groups in total. The maximum atomic E-state index is 11.4. The minimum Gasteiger partial charge on any atom is -0.495 e. The van der Waals surface area contributed by atoms with Gasteiger partial charge in [-0.25, -0.2) is 4.72 Å². The average molecular weight is 258 g/mol. The van der Waals surface area contributed by atoms with Crippen LogP contribution in [0.3, 0.4) is 0 Å². The molecule has 0 fully saturated rings. The average Bonchev–Trinajstić information content (AvgIpc) is 2.28. The summed E-state index contributed by atoms with van der Waals surface area (Å²) in [5, 5.41) is 7.38. The third-order valence-corrected chi connectivity index (χ3v) is 3.05. The Bertz CT molecular complexity index is 527. The quantitative estimate of drug-likeness (QED) is 0.434. The van der Waals surface area contributed by atoms with E-state index in [-0.39, 0.29) is 22.8 Å². The van der Waals surface area contributed by atoms with Crippen molar-refractivity contribution in [1.82, 2.24) is 4.72 Å². The highest BCUT2D eigenvalue weighted by Gasteiger charge is 2.16. The zero-order chi connectivity index (χ0) is 13.1. The second-order valence-electron chi connectivity index (χ2n) is 3.11. The standard InChI is InChI=1S/C9H14N4O3S/c1-12-17(14,15)13-8-6(9(10)11)4-3-5-7(8)16-2/h3-5,12-13H,1-2H3,(H3,10,11). The summed E-state index contributed by atoms with van der Waals surface area (Å²) in [6, 6.07) is 4.71. The van der Waals surface area contributed by atoms with Crippen molar-refractivity contribution in [1.29, 1.82) is 5.41 Å². The smallest absolute Gasteiger partial charge is 0.298 e. The molecule has 0 heterocycles. The van der Waals surface area contributed by atoms with Gasteiger partial charge in [0.2, 0.25) is 0 Å². The molecule has 0 atom stereocenters. The van der Waals surface area contributed by atoms with E-state index in [2.05, 4.69) is 9.44 Å². The summed E-state index contributed by atoms with van der Waals surface area (Å²) in [5.74, 6) is 0.0363. The second-order valence-corrected chi connectivity index (χ2v) is 4.73. The normalized spacial score (nSPS) is 10.9. The summed E-state index contributed by atoms with van der Waals surface area (Å²) >= 11 is 0. The molecule has 0 bridgehead atoms. The van der Waals surface area contributed by atoms with Gasteiger partial charge in [0.05, 0.1) is 7.11 Å². The number of nitrogens with one attached hydrogen (secondary N) is 3. The number of para-hydroxylation sites is 1. The van der Waals surface area contributed by atoms with Crippen molar-refractivity contribution < 1.29 is 13.2 Å². The van der Waals surface area contributed by atoms with Crippen LogP contribution in [-0.4, -0.2) is 28.4 Å². The van der Waals surface area contributed by atoms with Crippen LogP contribution in [-0.2, 0) is 10.2 Å². The lowest BCUT2D eigenvalue weighted by molar-refractivity contribution is 0.417. The first-order valence-corrected chi connectivity index (χ1v) is 6.12. The molecule has 1 rings (SSSR count). The molecule has 0 aliphatic rings. The molecular formula is C9H14N4O3S. The Balaban J connectivity index is 3.33. The zero-order valence-electron chi connectivity index (χ0n) is 9.44. The predicted molar refractivity (Wildman–Crippen MR) is 65.6 cm³/mol. The molecule has 1 aromatic carbocycles. The van der Waals surface area contributed by atoms with E-state index in [9.17, 15) is 8.42 Å². The molecule has 0 aliphatic heterocycles.